The fraction of sp³-hybridized carbons (Fsp3) is 0.833. The zero-order valence-electron chi connectivity index (χ0n) is 6.93. The van der Waals surface area contributed by atoms with E-state index in [1.807, 2.05) is 13.8 Å². The molecule has 0 rings (SSSR count). The molecule has 0 aromatic rings. The number of ether oxygens (including phenoxy) is 1. The minimum absolute atomic E-state index is 0.427. The predicted molar refractivity (Wildman–Crippen MR) is 41.8 cm³/mol. The second-order valence-electron chi connectivity index (χ2n) is 2.43. The number of hydrogen-bond acceptors (Lipinski definition) is 3. The van der Waals surface area contributed by atoms with Crippen LogP contribution in [-0.4, -0.2) is 25.6 Å². The fourth-order valence-electron chi connectivity index (χ4n) is 0.604. The van der Waals surface area contributed by atoms with E-state index in [9.17, 15) is 0 Å². The van der Waals surface area contributed by atoms with Crippen molar-refractivity contribution in [3.05, 3.63) is 0 Å². The molecule has 60 valence electrons. The normalized spacial score (nSPS) is 13.5. The molecule has 0 heterocycles. The molecule has 0 aliphatic rings. The first-order valence-corrected chi connectivity index (χ1v) is 3.07. The maximum absolute atomic E-state index is 5.18. The molecule has 0 aromatic heterocycles. The van der Waals surface area contributed by atoms with Gasteiger partial charge in [-0.25, -0.2) is 5.84 Å². The summed E-state index contributed by atoms with van der Waals surface area (Å²) < 4.78 is 5.11. The summed E-state index contributed by atoms with van der Waals surface area (Å²) in [7, 11) is 3.28. The smallest absolute Gasteiger partial charge is 0.142 e. The van der Waals surface area contributed by atoms with E-state index >= 15 is 0 Å². The van der Waals surface area contributed by atoms with Gasteiger partial charge in [-0.3, -0.25) is 4.99 Å². The molecule has 0 unspecified atom stereocenters. The fourth-order valence-corrected chi connectivity index (χ4v) is 0.604. The van der Waals surface area contributed by atoms with Gasteiger partial charge in [-0.2, -0.15) is 0 Å². The summed E-state index contributed by atoms with van der Waals surface area (Å²) in [5.74, 6) is 5.82. The summed E-state index contributed by atoms with van der Waals surface area (Å²) in [6.45, 7) is 3.77. The molecule has 0 spiro atoms. The average molecular weight is 145 g/mol. The van der Waals surface area contributed by atoms with Gasteiger partial charge >= 0.3 is 0 Å². The highest BCUT2D eigenvalue weighted by molar-refractivity contribution is 5.89. The molecule has 0 saturated heterocycles. The van der Waals surface area contributed by atoms with Crippen LogP contribution in [0.3, 0.4) is 0 Å². The summed E-state index contributed by atoms with van der Waals surface area (Å²) in [6.07, 6.45) is 0. The van der Waals surface area contributed by atoms with Crippen molar-refractivity contribution in [2.24, 2.45) is 10.8 Å². The number of methoxy groups -OCH3 is 1. The first-order chi connectivity index (χ1) is 4.58. The van der Waals surface area contributed by atoms with Crippen LogP contribution in [-0.2, 0) is 4.74 Å². The Hall–Kier alpha value is -0.610. The number of rotatable bonds is 2. The van der Waals surface area contributed by atoms with Crippen molar-refractivity contribution < 1.29 is 4.74 Å². The minimum atomic E-state index is -0.427. The molecular formula is C6H15N3O. The van der Waals surface area contributed by atoms with Gasteiger partial charge in [0.2, 0.25) is 0 Å². The van der Waals surface area contributed by atoms with Gasteiger partial charge in [-0.15, -0.1) is 0 Å². The number of aliphatic imine (C=N–C) groups is 1. The average Bonchev–Trinajstić information content (AvgIpc) is 1.90. The first-order valence-electron chi connectivity index (χ1n) is 3.07. The second-order valence-corrected chi connectivity index (χ2v) is 2.43. The van der Waals surface area contributed by atoms with Gasteiger partial charge in [0.25, 0.3) is 0 Å². The number of nitrogens with two attached hydrogens (primary N) is 1. The summed E-state index contributed by atoms with van der Waals surface area (Å²) in [5, 5.41) is 0. The Labute approximate surface area is 61.4 Å². The molecule has 4 heteroatoms. The molecule has 0 atom stereocenters. The Morgan fingerprint density at radius 3 is 2.20 bits per heavy atom. The van der Waals surface area contributed by atoms with Crippen LogP contribution >= 0.6 is 0 Å². The third-order valence-electron chi connectivity index (χ3n) is 1.44. The Bertz CT molecular complexity index is 131. The predicted octanol–water partition coefficient (Wildman–Crippen LogP) is -0.0970. The van der Waals surface area contributed by atoms with Crippen molar-refractivity contribution in [1.82, 2.24) is 5.43 Å². The molecule has 0 aliphatic heterocycles. The third kappa shape index (κ3) is 1.97. The van der Waals surface area contributed by atoms with E-state index in [1.54, 1.807) is 14.2 Å². The lowest BCUT2D eigenvalue weighted by molar-refractivity contribution is 0.0796. The maximum Gasteiger partial charge on any atom is 0.142 e. The molecule has 0 fully saturated rings. The number of nitrogens with zero attached hydrogens (tertiary/aromatic N) is 1. The highest BCUT2D eigenvalue weighted by Crippen LogP contribution is 2.07. The van der Waals surface area contributed by atoms with E-state index in [0.29, 0.717) is 5.84 Å². The van der Waals surface area contributed by atoms with Crippen LogP contribution in [0.1, 0.15) is 13.8 Å². The van der Waals surface area contributed by atoms with Gasteiger partial charge < -0.3 is 10.2 Å². The van der Waals surface area contributed by atoms with Gasteiger partial charge in [0.15, 0.2) is 0 Å². The maximum atomic E-state index is 5.18. The van der Waals surface area contributed by atoms with Gasteiger partial charge in [0.1, 0.15) is 11.4 Å². The molecule has 0 aromatic carbocycles. The lowest BCUT2D eigenvalue weighted by Crippen LogP contribution is -2.46. The van der Waals surface area contributed by atoms with Gasteiger partial charge in [-0.05, 0) is 13.8 Å². The van der Waals surface area contributed by atoms with E-state index in [1.165, 1.54) is 0 Å². The zero-order valence-corrected chi connectivity index (χ0v) is 6.93. The lowest BCUT2D eigenvalue weighted by atomic mass is 10.1. The van der Waals surface area contributed by atoms with Crippen LogP contribution < -0.4 is 11.3 Å². The van der Waals surface area contributed by atoms with Crippen molar-refractivity contribution >= 4 is 5.84 Å². The van der Waals surface area contributed by atoms with Crippen molar-refractivity contribution in [2.75, 3.05) is 14.2 Å². The second kappa shape index (κ2) is 3.53. The van der Waals surface area contributed by atoms with Crippen LogP contribution in [0.15, 0.2) is 4.99 Å². The number of hydrogen-bond donors (Lipinski definition) is 2. The number of hydrazine groups is 1. The van der Waals surface area contributed by atoms with Crippen LogP contribution in [0.5, 0.6) is 0 Å². The molecular weight excluding hydrogens is 130 g/mol. The number of nitrogens with one attached hydrogen (secondary N) is 1. The molecule has 0 bridgehead atoms. The van der Waals surface area contributed by atoms with Crippen LogP contribution in [0.25, 0.3) is 0 Å². The molecule has 0 radical (unpaired) electrons. The summed E-state index contributed by atoms with van der Waals surface area (Å²) >= 11 is 0. The topological polar surface area (TPSA) is 59.6 Å². The zero-order chi connectivity index (χ0) is 8.20. The van der Waals surface area contributed by atoms with Crippen molar-refractivity contribution in [3.8, 4) is 0 Å². The highest BCUT2D eigenvalue weighted by Gasteiger charge is 2.22. The van der Waals surface area contributed by atoms with Crippen molar-refractivity contribution in [2.45, 2.75) is 19.4 Å². The SMILES string of the molecule is CN=C(NN)C(C)(C)OC. The van der Waals surface area contributed by atoms with Crippen molar-refractivity contribution in [3.63, 3.8) is 0 Å². The van der Waals surface area contributed by atoms with E-state index in [-0.39, 0.29) is 0 Å². The summed E-state index contributed by atoms with van der Waals surface area (Å²) in [6, 6.07) is 0. The highest BCUT2D eigenvalue weighted by atomic mass is 16.5. The third-order valence-corrected chi connectivity index (χ3v) is 1.44. The molecule has 0 aliphatic carbocycles. The van der Waals surface area contributed by atoms with Crippen LogP contribution in [0.4, 0.5) is 0 Å². The van der Waals surface area contributed by atoms with Gasteiger partial charge in [0, 0.05) is 14.2 Å². The molecule has 3 N–H and O–H groups in total. The summed E-state index contributed by atoms with van der Waals surface area (Å²) in [4.78, 5) is 3.90. The van der Waals surface area contributed by atoms with Gasteiger partial charge in [-0.1, -0.05) is 0 Å². The van der Waals surface area contributed by atoms with Gasteiger partial charge in [0.05, 0.1) is 0 Å². The van der Waals surface area contributed by atoms with E-state index in [4.69, 9.17) is 10.6 Å². The van der Waals surface area contributed by atoms with Crippen LogP contribution in [0.2, 0.25) is 0 Å². The van der Waals surface area contributed by atoms with E-state index < -0.39 is 5.60 Å². The van der Waals surface area contributed by atoms with E-state index in [0.717, 1.165) is 0 Å². The Morgan fingerprint density at radius 1 is 1.60 bits per heavy atom. The minimum Gasteiger partial charge on any atom is -0.371 e. The molecule has 10 heavy (non-hydrogen) atoms. The molecule has 4 nitrogen and oxygen atoms in total. The van der Waals surface area contributed by atoms with Crippen molar-refractivity contribution in [1.29, 1.82) is 0 Å². The first kappa shape index (κ1) is 9.39. The quantitative estimate of drug-likeness (QED) is 0.247. The number of amidine groups is 1. The molecule has 0 saturated carbocycles. The van der Waals surface area contributed by atoms with E-state index in [2.05, 4.69) is 10.4 Å². The van der Waals surface area contributed by atoms with Crippen LogP contribution in [0, 0.1) is 0 Å². The Balaban J connectivity index is 4.28. The standard InChI is InChI=1S/C6H15N3O/c1-6(2,10-4)5(8-3)9-7/h7H2,1-4H3,(H,8,9). The lowest BCUT2D eigenvalue weighted by Gasteiger charge is -2.23. The monoisotopic (exact) mass is 145 g/mol. The Morgan fingerprint density at radius 2 is 2.10 bits per heavy atom. The molecule has 0 amide bonds. The Kier molecular flexibility index (Phi) is 3.32. The summed E-state index contributed by atoms with van der Waals surface area (Å²) in [5.41, 5.74) is 2.04. The largest absolute Gasteiger partial charge is 0.371 e.